The highest BCUT2D eigenvalue weighted by Gasteiger charge is 1.96. The molecular weight excluding hydrogens is 124 g/mol. The lowest BCUT2D eigenvalue weighted by Gasteiger charge is -2.16. The van der Waals surface area contributed by atoms with Gasteiger partial charge in [-0.2, -0.15) is 5.10 Å². The first kappa shape index (κ1) is 9.47. The normalized spacial score (nSPS) is 11.9. The van der Waals surface area contributed by atoms with E-state index in [9.17, 15) is 0 Å². The molecule has 0 fully saturated rings. The summed E-state index contributed by atoms with van der Waals surface area (Å²) in [5.41, 5.74) is 0. The summed E-state index contributed by atoms with van der Waals surface area (Å²) >= 11 is 0. The molecule has 0 saturated carbocycles. The molecule has 0 N–H and O–H groups in total. The molecule has 0 saturated heterocycles. The highest BCUT2D eigenvalue weighted by Crippen LogP contribution is 1.94. The summed E-state index contributed by atoms with van der Waals surface area (Å²) in [5, 5.41) is 6.19. The minimum absolute atomic E-state index is 0.495. The van der Waals surface area contributed by atoms with E-state index in [1.807, 2.05) is 18.3 Å². The molecule has 0 aromatic heterocycles. The van der Waals surface area contributed by atoms with Crippen LogP contribution in [0.2, 0.25) is 0 Å². The van der Waals surface area contributed by atoms with Crippen molar-refractivity contribution in [3.05, 3.63) is 0 Å². The third-order valence-electron chi connectivity index (χ3n) is 1.29. The maximum atomic E-state index is 4.23. The summed E-state index contributed by atoms with van der Waals surface area (Å²) in [6.07, 6.45) is 1.96. The van der Waals surface area contributed by atoms with Crippen molar-refractivity contribution in [3.63, 3.8) is 0 Å². The molecule has 0 aliphatic rings. The van der Waals surface area contributed by atoms with Crippen LogP contribution in [0.3, 0.4) is 0 Å². The van der Waals surface area contributed by atoms with Gasteiger partial charge in [-0.15, -0.1) is 0 Å². The van der Waals surface area contributed by atoms with Gasteiger partial charge in [-0.1, -0.05) is 13.8 Å². The average Bonchev–Trinajstić information content (AvgIpc) is 1.82. The van der Waals surface area contributed by atoms with E-state index in [0.29, 0.717) is 12.0 Å². The Hall–Kier alpha value is -0.530. The molecule has 0 aromatic rings. The van der Waals surface area contributed by atoms with E-state index in [2.05, 4.69) is 32.8 Å². The van der Waals surface area contributed by atoms with Gasteiger partial charge in [-0.3, -0.25) is 5.01 Å². The van der Waals surface area contributed by atoms with Gasteiger partial charge in [-0.05, 0) is 19.8 Å². The number of hydrogen-bond donors (Lipinski definition) is 0. The summed E-state index contributed by atoms with van der Waals surface area (Å²) < 4.78 is 0. The molecule has 2 nitrogen and oxygen atoms in total. The van der Waals surface area contributed by atoms with E-state index >= 15 is 0 Å². The fourth-order valence-corrected chi connectivity index (χ4v) is 0.372. The van der Waals surface area contributed by atoms with Crippen molar-refractivity contribution in [1.82, 2.24) is 5.01 Å². The molecule has 0 rings (SSSR count). The topological polar surface area (TPSA) is 15.6 Å². The summed E-state index contributed by atoms with van der Waals surface area (Å²) in [6.45, 7) is 8.49. The Morgan fingerprint density at radius 1 is 1.20 bits per heavy atom. The highest BCUT2D eigenvalue weighted by molar-refractivity contribution is 5.59. The molecule has 0 aliphatic carbocycles. The molecular formula is C8H18N2. The van der Waals surface area contributed by atoms with Crippen LogP contribution in [0.5, 0.6) is 0 Å². The quantitative estimate of drug-likeness (QED) is 0.434. The SMILES string of the molecule is CC(C)/C=N\N(C)C(C)C. The van der Waals surface area contributed by atoms with Gasteiger partial charge in [-0.25, -0.2) is 0 Å². The Labute approximate surface area is 63.9 Å². The third-order valence-corrected chi connectivity index (χ3v) is 1.29. The fraction of sp³-hybridized carbons (Fsp3) is 0.875. The van der Waals surface area contributed by atoms with Gasteiger partial charge in [0.2, 0.25) is 0 Å². The van der Waals surface area contributed by atoms with Crippen molar-refractivity contribution in [2.45, 2.75) is 33.7 Å². The molecule has 0 aromatic carbocycles. The Balaban J connectivity index is 3.66. The first-order valence-electron chi connectivity index (χ1n) is 3.81. The predicted octanol–water partition coefficient (Wildman–Crippen LogP) is 1.97. The smallest absolute Gasteiger partial charge is 0.0410 e. The molecule has 2 heteroatoms. The van der Waals surface area contributed by atoms with E-state index in [4.69, 9.17) is 0 Å². The molecule has 0 amide bonds. The van der Waals surface area contributed by atoms with Crippen molar-refractivity contribution in [3.8, 4) is 0 Å². The Morgan fingerprint density at radius 3 is 2.00 bits per heavy atom. The first-order valence-corrected chi connectivity index (χ1v) is 3.81. The lowest BCUT2D eigenvalue weighted by molar-refractivity contribution is 0.289. The predicted molar refractivity (Wildman–Crippen MR) is 46.2 cm³/mol. The largest absolute Gasteiger partial charge is 0.298 e. The molecule has 0 radical (unpaired) electrons. The minimum Gasteiger partial charge on any atom is -0.298 e. The van der Waals surface area contributed by atoms with E-state index in [-0.39, 0.29) is 0 Å². The van der Waals surface area contributed by atoms with Gasteiger partial charge in [0.15, 0.2) is 0 Å². The molecule has 10 heavy (non-hydrogen) atoms. The van der Waals surface area contributed by atoms with Crippen LogP contribution in [0.4, 0.5) is 0 Å². The van der Waals surface area contributed by atoms with Crippen LogP contribution in [-0.4, -0.2) is 24.3 Å². The van der Waals surface area contributed by atoms with Gasteiger partial charge in [0.05, 0.1) is 0 Å². The van der Waals surface area contributed by atoms with Crippen molar-refractivity contribution < 1.29 is 0 Å². The van der Waals surface area contributed by atoms with Crippen molar-refractivity contribution in [2.24, 2.45) is 11.0 Å². The number of hydrogen-bond acceptors (Lipinski definition) is 2. The van der Waals surface area contributed by atoms with Crippen LogP contribution in [0.25, 0.3) is 0 Å². The molecule has 0 atom stereocenters. The second-order valence-corrected chi connectivity index (χ2v) is 3.18. The highest BCUT2D eigenvalue weighted by atomic mass is 15.4. The molecule has 60 valence electrons. The zero-order valence-corrected chi connectivity index (χ0v) is 7.63. The summed E-state index contributed by atoms with van der Waals surface area (Å²) in [6, 6.07) is 0.495. The van der Waals surface area contributed by atoms with Gasteiger partial charge in [0.25, 0.3) is 0 Å². The maximum Gasteiger partial charge on any atom is 0.0410 e. The average molecular weight is 142 g/mol. The Kier molecular flexibility index (Phi) is 4.08. The van der Waals surface area contributed by atoms with Gasteiger partial charge < -0.3 is 0 Å². The fourth-order valence-electron chi connectivity index (χ4n) is 0.372. The summed E-state index contributed by atoms with van der Waals surface area (Å²) in [7, 11) is 1.99. The van der Waals surface area contributed by atoms with E-state index in [0.717, 1.165) is 0 Å². The van der Waals surface area contributed by atoms with Crippen LogP contribution < -0.4 is 0 Å². The van der Waals surface area contributed by atoms with E-state index in [1.165, 1.54) is 0 Å². The van der Waals surface area contributed by atoms with Crippen molar-refractivity contribution >= 4 is 6.21 Å². The van der Waals surface area contributed by atoms with E-state index in [1.54, 1.807) is 0 Å². The zero-order chi connectivity index (χ0) is 8.15. The standard InChI is InChI=1S/C8H18N2/c1-7(2)6-9-10(5)8(3)4/h6-8H,1-5H3/b9-6-. The Bertz CT molecular complexity index is 106. The van der Waals surface area contributed by atoms with Crippen LogP contribution >= 0.6 is 0 Å². The number of hydrazone groups is 1. The van der Waals surface area contributed by atoms with Gasteiger partial charge in [0.1, 0.15) is 0 Å². The van der Waals surface area contributed by atoms with Crippen LogP contribution in [0.15, 0.2) is 5.10 Å². The lowest BCUT2D eigenvalue weighted by atomic mass is 10.3. The maximum absolute atomic E-state index is 4.23. The Morgan fingerprint density at radius 2 is 1.70 bits per heavy atom. The first-order chi connectivity index (χ1) is 4.54. The van der Waals surface area contributed by atoms with Crippen LogP contribution in [0.1, 0.15) is 27.7 Å². The molecule has 0 heterocycles. The lowest BCUT2D eigenvalue weighted by Crippen LogP contribution is -2.20. The molecule has 0 bridgehead atoms. The van der Waals surface area contributed by atoms with Crippen molar-refractivity contribution in [1.29, 1.82) is 0 Å². The van der Waals surface area contributed by atoms with Crippen LogP contribution in [-0.2, 0) is 0 Å². The zero-order valence-electron chi connectivity index (χ0n) is 7.63. The number of nitrogens with zero attached hydrogens (tertiary/aromatic N) is 2. The van der Waals surface area contributed by atoms with Crippen LogP contribution in [0, 0.1) is 5.92 Å². The molecule has 0 aliphatic heterocycles. The summed E-state index contributed by atoms with van der Waals surface area (Å²) in [4.78, 5) is 0. The summed E-state index contributed by atoms with van der Waals surface area (Å²) in [5.74, 6) is 0.543. The second-order valence-electron chi connectivity index (χ2n) is 3.18. The molecule has 0 unspecified atom stereocenters. The monoisotopic (exact) mass is 142 g/mol. The second kappa shape index (κ2) is 4.31. The molecule has 0 spiro atoms. The van der Waals surface area contributed by atoms with E-state index < -0.39 is 0 Å². The minimum atomic E-state index is 0.495. The van der Waals surface area contributed by atoms with Gasteiger partial charge in [0, 0.05) is 19.3 Å². The third kappa shape index (κ3) is 4.36. The van der Waals surface area contributed by atoms with Gasteiger partial charge >= 0.3 is 0 Å². The van der Waals surface area contributed by atoms with Crippen molar-refractivity contribution in [2.75, 3.05) is 7.05 Å². The number of rotatable bonds is 3.